The summed E-state index contributed by atoms with van der Waals surface area (Å²) in [7, 11) is 0. The summed E-state index contributed by atoms with van der Waals surface area (Å²) in [5.74, 6) is 0.0176. The zero-order valence-corrected chi connectivity index (χ0v) is 15.8. The van der Waals surface area contributed by atoms with Gasteiger partial charge in [-0.1, -0.05) is 49.7 Å². The van der Waals surface area contributed by atoms with E-state index >= 15 is 0 Å². The van der Waals surface area contributed by atoms with Gasteiger partial charge in [-0.3, -0.25) is 0 Å². The molecular weight excluding hydrogens is 333 g/mol. The number of aryl methyl sites for hydroxylation is 2. The summed E-state index contributed by atoms with van der Waals surface area (Å²) >= 11 is 0. The molecule has 0 saturated heterocycles. The highest BCUT2D eigenvalue weighted by Crippen LogP contribution is 2.35. The molecule has 0 saturated carbocycles. The lowest BCUT2D eigenvalue weighted by atomic mass is 9.79. The molecule has 1 unspecified atom stereocenters. The molecule has 1 aliphatic rings. The summed E-state index contributed by atoms with van der Waals surface area (Å²) in [6.45, 7) is 2.22. The average Bonchev–Trinajstić information content (AvgIpc) is 2.70. The van der Waals surface area contributed by atoms with E-state index < -0.39 is 5.82 Å². The van der Waals surface area contributed by atoms with Gasteiger partial charge in [-0.2, -0.15) is 5.26 Å². The van der Waals surface area contributed by atoms with Crippen LogP contribution >= 0.6 is 0 Å². The maximum atomic E-state index is 14.0. The molecule has 4 rings (SSSR count). The second-order valence-electron chi connectivity index (χ2n) is 7.70. The van der Waals surface area contributed by atoms with Gasteiger partial charge < -0.3 is 0 Å². The molecule has 0 amide bonds. The molecule has 0 aromatic heterocycles. The summed E-state index contributed by atoms with van der Waals surface area (Å²) in [5.41, 5.74) is 5.09. The highest BCUT2D eigenvalue weighted by atomic mass is 19.1. The normalized spacial score (nSPS) is 16.1. The number of halogens is 1. The lowest BCUT2D eigenvalue weighted by Gasteiger charge is -2.25. The van der Waals surface area contributed by atoms with Crippen LogP contribution in [0.4, 0.5) is 4.39 Å². The maximum absolute atomic E-state index is 14.0. The summed E-state index contributed by atoms with van der Waals surface area (Å²) in [4.78, 5) is 0. The first kappa shape index (κ1) is 17.7. The van der Waals surface area contributed by atoms with Crippen LogP contribution in [0.1, 0.15) is 59.9 Å². The van der Waals surface area contributed by atoms with Crippen LogP contribution in [0, 0.1) is 17.1 Å². The van der Waals surface area contributed by atoms with Gasteiger partial charge in [0, 0.05) is 0 Å². The summed E-state index contributed by atoms with van der Waals surface area (Å²) in [6.07, 6.45) is 6.39. The minimum Gasteiger partial charge on any atom is -0.206 e. The van der Waals surface area contributed by atoms with Gasteiger partial charge in [0.15, 0.2) is 0 Å². The number of nitriles is 1. The predicted molar refractivity (Wildman–Crippen MR) is 108 cm³/mol. The molecule has 3 aromatic rings. The van der Waals surface area contributed by atoms with Gasteiger partial charge in [0.05, 0.1) is 5.56 Å². The van der Waals surface area contributed by atoms with Gasteiger partial charge in [-0.15, -0.1) is 0 Å². The monoisotopic (exact) mass is 357 g/mol. The number of fused-ring (bicyclic) bond motifs is 2. The maximum Gasteiger partial charge on any atom is 0.141 e. The van der Waals surface area contributed by atoms with Crippen molar-refractivity contribution in [1.82, 2.24) is 0 Å². The second kappa shape index (κ2) is 7.53. The molecule has 0 N–H and O–H groups in total. The van der Waals surface area contributed by atoms with E-state index in [1.54, 1.807) is 12.1 Å². The van der Waals surface area contributed by atoms with Crippen LogP contribution in [0.2, 0.25) is 0 Å². The predicted octanol–water partition coefficient (Wildman–Crippen LogP) is 6.47. The highest BCUT2D eigenvalue weighted by molar-refractivity contribution is 5.84. The Hall–Kier alpha value is -2.66. The molecule has 0 fully saturated rings. The van der Waals surface area contributed by atoms with E-state index in [0.29, 0.717) is 5.92 Å². The van der Waals surface area contributed by atoms with E-state index in [-0.39, 0.29) is 5.56 Å². The number of benzene rings is 3. The van der Waals surface area contributed by atoms with Crippen molar-refractivity contribution in [2.75, 3.05) is 0 Å². The zero-order valence-electron chi connectivity index (χ0n) is 15.8. The fraction of sp³-hybridized carbons (Fsp3) is 0.320. The second-order valence-corrected chi connectivity index (χ2v) is 7.70. The molecule has 1 nitrogen and oxygen atoms in total. The molecule has 0 spiro atoms. The number of nitrogens with zero attached hydrogens (tertiary/aromatic N) is 1. The van der Waals surface area contributed by atoms with E-state index in [0.717, 1.165) is 36.8 Å². The lowest BCUT2D eigenvalue weighted by Crippen LogP contribution is -2.13. The van der Waals surface area contributed by atoms with Crippen LogP contribution < -0.4 is 0 Å². The largest absolute Gasteiger partial charge is 0.206 e. The van der Waals surface area contributed by atoms with E-state index in [1.807, 2.05) is 6.07 Å². The van der Waals surface area contributed by atoms with Crippen molar-refractivity contribution in [3.05, 3.63) is 82.2 Å². The van der Waals surface area contributed by atoms with Crippen LogP contribution in [0.3, 0.4) is 0 Å². The molecule has 1 atom stereocenters. The van der Waals surface area contributed by atoms with Crippen molar-refractivity contribution in [3.8, 4) is 6.07 Å². The minimum atomic E-state index is -0.393. The quantitative estimate of drug-likeness (QED) is 0.525. The van der Waals surface area contributed by atoms with Crippen molar-refractivity contribution in [1.29, 1.82) is 5.26 Å². The number of hydrogen-bond donors (Lipinski definition) is 0. The van der Waals surface area contributed by atoms with Crippen LogP contribution in [-0.4, -0.2) is 0 Å². The topological polar surface area (TPSA) is 23.8 Å². The third-order valence-electron chi connectivity index (χ3n) is 5.86. The summed E-state index contributed by atoms with van der Waals surface area (Å²) in [5, 5.41) is 11.6. The van der Waals surface area contributed by atoms with E-state index in [4.69, 9.17) is 5.26 Å². The molecule has 27 heavy (non-hydrogen) atoms. The smallest absolute Gasteiger partial charge is 0.141 e. The lowest BCUT2D eigenvalue weighted by molar-refractivity contribution is 0.571. The van der Waals surface area contributed by atoms with Gasteiger partial charge in [0.1, 0.15) is 11.9 Å². The van der Waals surface area contributed by atoms with Crippen LogP contribution in [-0.2, 0) is 19.3 Å². The summed E-state index contributed by atoms with van der Waals surface area (Å²) < 4.78 is 14.0. The third kappa shape index (κ3) is 3.60. The fourth-order valence-electron chi connectivity index (χ4n) is 4.25. The molecule has 136 valence electrons. The molecule has 2 heteroatoms. The van der Waals surface area contributed by atoms with Crippen molar-refractivity contribution in [2.24, 2.45) is 0 Å². The van der Waals surface area contributed by atoms with Crippen LogP contribution in [0.15, 0.2) is 48.5 Å². The van der Waals surface area contributed by atoms with Gasteiger partial charge in [0.25, 0.3) is 0 Å². The molecule has 0 aliphatic heterocycles. The molecule has 0 bridgehead atoms. The Bertz CT molecular complexity index is 1030. The number of unbranched alkanes of at least 4 members (excludes halogenated alkanes) is 1. The van der Waals surface area contributed by atoms with Crippen molar-refractivity contribution in [2.45, 2.75) is 51.4 Å². The third-order valence-corrected chi connectivity index (χ3v) is 5.86. The van der Waals surface area contributed by atoms with Gasteiger partial charge >= 0.3 is 0 Å². The van der Waals surface area contributed by atoms with Crippen molar-refractivity contribution in [3.63, 3.8) is 0 Å². The van der Waals surface area contributed by atoms with Gasteiger partial charge in [-0.25, -0.2) is 4.39 Å². The first-order valence-corrected chi connectivity index (χ1v) is 9.92. The van der Waals surface area contributed by atoms with Crippen molar-refractivity contribution >= 4 is 10.8 Å². The van der Waals surface area contributed by atoms with Crippen LogP contribution in [0.5, 0.6) is 0 Å². The number of hydrogen-bond acceptors (Lipinski definition) is 1. The van der Waals surface area contributed by atoms with E-state index in [2.05, 4.69) is 43.3 Å². The number of rotatable bonds is 4. The highest BCUT2D eigenvalue weighted by Gasteiger charge is 2.22. The fourth-order valence-corrected chi connectivity index (χ4v) is 4.25. The molecule has 3 aromatic carbocycles. The summed E-state index contributed by atoms with van der Waals surface area (Å²) in [6, 6.07) is 18.8. The first-order valence-electron chi connectivity index (χ1n) is 9.92. The zero-order chi connectivity index (χ0) is 18.8. The van der Waals surface area contributed by atoms with Gasteiger partial charge in [-0.05, 0) is 83.2 Å². The van der Waals surface area contributed by atoms with Crippen LogP contribution in [0.25, 0.3) is 10.8 Å². The molecular formula is C25H24FN. The van der Waals surface area contributed by atoms with Gasteiger partial charge in [0.2, 0.25) is 0 Å². The van der Waals surface area contributed by atoms with Crippen molar-refractivity contribution < 1.29 is 4.39 Å². The van der Waals surface area contributed by atoms with E-state index in [9.17, 15) is 4.39 Å². The first-order chi connectivity index (χ1) is 13.2. The minimum absolute atomic E-state index is 0.164. The Morgan fingerprint density at radius 2 is 1.85 bits per heavy atom. The Kier molecular flexibility index (Phi) is 4.94. The molecule has 0 heterocycles. The Morgan fingerprint density at radius 1 is 1.04 bits per heavy atom. The Balaban J connectivity index is 1.59. The molecule has 0 radical (unpaired) electrons. The standard InChI is InChI=1S/C25H24FN/c1-2-3-4-17-5-6-19-12-20(8-7-18(19)11-17)21-9-10-22-14-24(16-27)25(26)15-23(22)13-21/h5-8,11-12,14-15,21H,2-4,9-10,13H2,1H3. The van der Waals surface area contributed by atoms with E-state index in [1.165, 1.54) is 34.7 Å². The molecule has 1 aliphatic carbocycles. The SMILES string of the molecule is CCCCc1ccc2cc(C3CCc4cc(C#N)c(F)cc4C3)ccc2c1. The Labute approximate surface area is 160 Å². The average molecular weight is 357 g/mol. The Morgan fingerprint density at radius 3 is 2.67 bits per heavy atom.